The van der Waals surface area contributed by atoms with Gasteiger partial charge in [0.25, 0.3) is 0 Å². The first-order valence-electron chi connectivity index (χ1n) is 7.83. The van der Waals surface area contributed by atoms with Crippen LogP contribution in [0.25, 0.3) is 0 Å². The second-order valence-electron chi connectivity index (χ2n) is 7.55. The summed E-state index contributed by atoms with van der Waals surface area (Å²) in [6.07, 6.45) is 5.66. The first-order chi connectivity index (χ1) is 9.70. The summed E-state index contributed by atoms with van der Waals surface area (Å²) >= 11 is 0. The van der Waals surface area contributed by atoms with E-state index in [0.717, 1.165) is 43.6 Å². The van der Waals surface area contributed by atoms with Gasteiger partial charge in [-0.3, -0.25) is 9.48 Å². The number of anilines is 1. The predicted molar refractivity (Wildman–Crippen MR) is 85.0 cm³/mol. The van der Waals surface area contributed by atoms with Crippen LogP contribution in [0.4, 0.5) is 5.82 Å². The molecule has 1 amide bonds. The molecule has 0 bridgehead atoms. The lowest BCUT2D eigenvalue weighted by molar-refractivity contribution is -0.122. The van der Waals surface area contributed by atoms with Crippen LogP contribution in [-0.4, -0.2) is 21.2 Å². The normalized spacial score (nSPS) is 18.5. The zero-order valence-corrected chi connectivity index (χ0v) is 13.7. The number of carbonyl (C=O) groups excluding carboxylic acids is 1. The number of hydrogen-bond acceptors (Lipinski definition) is 3. The van der Waals surface area contributed by atoms with E-state index in [1.54, 1.807) is 4.68 Å². The second kappa shape index (κ2) is 5.79. The highest BCUT2D eigenvalue weighted by Crippen LogP contribution is 2.27. The molecule has 21 heavy (non-hydrogen) atoms. The molecule has 1 aliphatic carbocycles. The van der Waals surface area contributed by atoms with E-state index in [9.17, 15) is 4.79 Å². The number of nitrogens with zero attached hydrogens (tertiary/aromatic N) is 2. The minimum Gasteiger partial charge on any atom is -0.317 e. The molecule has 0 atom stereocenters. The molecule has 1 aliphatic rings. The topological polar surface area (TPSA) is 72.9 Å². The lowest BCUT2D eigenvalue weighted by Gasteiger charge is -2.31. The van der Waals surface area contributed by atoms with Crippen LogP contribution in [0, 0.1) is 5.41 Å². The molecule has 3 N–H and O–H groups in total. The minimum atomic E-state index is -0.716. The van der Waals surface area contributed by atoms with Crippen molar-refractivity contribution in [1.82, 2.24) is 9.78 Å². The van der Waals surface area contributed by atoms with Crippen molar-refractivity contribution >= 4 is 11.7 Å². The number of carbonyl (C=O) groups is 1. The molecule has 118 valence electrons. The second-order valence-corrected chi connectivity index (χ2v) is 7.55. The first kappa shape index (κ1) is 16.0. The number of hydrogen-bond donors (Lipinski definition) is 2. The van der Waals surface area contributed by atoms with E-state index in [2.05, 4.69) is 31.2 Å². The van der Waals surface area contributed by atoms with Gasteiger partial charge in [0, 0.05) is 13.1 Å². The molecule has 1 heterocycles. The van der Waals surface area contributed by atoms with Crippen molar-refractivity contribution in [2.75, 3.05) is 5.32 Å². The zero-order chi connectivity index (χ0) is 15.7. The number of rotatable bonds is 3. The van der Waals surface area contributed by atoms with Crippen LogP contribution < -0.4 is 11.1 Å². The Balaban J connectivity index is 2.07. The summed E-state index contributed by atoms with van der Waals surface area (Å²) in [6, 6.07) is 1.95. The Kier molecular flexibility index (Phi) is 4.42. The van der Waals surface area contributed by atoms with Crippen LogP contribution in [0.5, 0.6) is 0 Å². The smallest absolute Gasteiger partial charge is 0.245 e. The zero-order valence-electron chi connectivity index (χ0n) is 13.7. The highest BCUT2D eigenvalue weighted by atomic mass is 16.2. The van der Waals surface area contributed by atoms with E-state index in [-0.39, 0.29) is 11.3 Å². The quantitative estimate of drug-likeness (QED) is 0.899. The van der Waals surface area contributed by atoms with Crippen LogP contribution in [0.2, 0.25) is 0 Å². The molecule has 2 rings (SSSR count). The van der Waals surface area contributed by atoms with Crippen molar-refractivity contribution in [1.29, 1.82) is 0 Å². The molecule has 5 nitrogen and oxygen atoms in total. The summed E-state index contributed by atoms with van der Waals surface area (Å²) in [4.78, 5) is 12.5. The van der Waals surface area contributed by atoms with Gasteiger partial charge in [-0.2, -0.15) is 5.10 Å². The molecule has 1 aromatic rings. The van der Waals surface area contributed by atoms with Gasteiger partial charge in [0.15, 0.2) is 0 Å². The number of aryl methyl sites for hydroxylation is 1. The number of nitrogens with two attached hydrogens (primary N) is 1. The highest BCUT2D eigenvalue weighted by Gasteiger charge is 2.35. The predicted octanol–water partition coefficient (Wildman–Crippen LogP) is 2.61. The highest BCUT2D eigenvalue weighted by molar-refractivity contribution is 5.97. The maximum atomic E-state index is 12.5. The van der Waals surface area contributed by atoms with Gasteiger partial charge in [0.1, 0.15) is 5.82 Å². The Labute approximate surface area is 127 Å². The minimum absolute atomic E-state index is 0.0764. The lowest BCUT2D eigenvalue weighted by Crippen LogP contribution is -2.52. The Hall–Kier alpha value is -1.36. The number of nitrogens with one attached hydrogen (secondary N) is 1. The molecule has 0 spiro atoms. The maximum absolute atomic E-state index is 12.5. The lowest BCUT2D eigenvalue weighted by atomic mass is 9.82. The Bertz CT molecular complexity index is 507. The third kappa shape index (κ3) is 4.06. The molecule has 1 aromatic heterocycles. The van der Waals surface area contributed by atoms with Crippen molar-refractivity contribution in [2.24, 2.45) is 18.2 Å². The average Bonchev–Trinajstić information content (AvgIpc) is 2.68. The van der Waals surface area contributed by atoms with Crippen LogP contribution in [0.15, 0.2) is 6.07 Å². The van der Waals surface area contributed by atoms with Crippen molar-refractivity contribution in [2.45, 2.75) is 64.8 Å². The third-order valence-electron chi connectivity index (χ3n) is 4.08. The SMILES string of the molecule is Cn1nc(CC(C)(C)C)cc1NC(=O)C1(N)CCCCC1. The summed E-state index contributed by atoms with van der Waals surface area (Å²) < 4.78 is 1.73. The van der Waals surface area contributed by atoms with Gasteiger partial charge in [0.05, 0.1) is 11.2 Å². The van der Waals surface area contributed by atoms with Crippen molar-refractivity contribution in [3.8, 4) is 0 Å². The monoisotopic (exact) mass is 292 g/mol. The average molecular weight is 292 g/mol. The molecule has 1 fully saturated rings. The van der Waals surface area contributed by atoms with Gasteiger partial charge in [-0.15, -0.1) is 0 Å². The number of aromatic nitrogens is 2. The van der Waals surface area contributed by atoms with Crippen molar-refractivity contribution < 1.29 is 4.79 Å². The first-order valence-corrected chi connectivity index (χ1v) is 7.83. The summed E-state index contributed by atoms with van der Waals surface area (Å²) in [5, 5.41) is 7.44. The number of amides is 1. The van der Waals surface area contributed by atoms with Crippen LogP contribution >= 0.6 is 0 Å². The fourth-order valence-corrected chi connectivity index (χ4v) is 2.92. The fourth-order valence-electron chi connectivity index (χ4n) is 2.92. The van der Waals surface area contributed by atoms with E-state index >= 15 is 0 Å². The van der Waals surface area contributed by atoms with Gasteiger partial charge in [-0.05, 0) is 24.7 Å². The van der Waals surface area contributed by atoms with Crippen molar-refractivity contribution in [3.63, 3.8) is 0 Å². The standard InChI is InChI=1S/C16H28N4O/c1-15(2,3)11-12-10-13(20(4)19-12)18-14(21)16(17)8-6-5-7-9-16/h10H,5-9,11,17H2,1-4H3,(H,18,21). The summed E-state index contributed by atoms with van der Waals surface area (Å²) in [6.45, 7) is 6.53. The molecule has 0 saturated heterocycles. The molecule has 5 heteroatoms. The van der Waals surface area contributed by atoms with Crippen LogP contribution in [-0.2, 0) is 18.3 Å². The third-order valence-corrected chi connectivity index (χ3v) is 4.08. The maximum Gasteiger partial charge on any atom is 0.245 e. The Morgan fingerprint density at radius 3 is 2.57 bits per heavy atom. The largest absolute Gasteiger partial charge is 0.317 e. The van der Waals surface area contributed by atoms with Gasteiger partial charge in [0.2, 0.25) is 5.91 Å². The molecular weight excluding hydrogens is 264 g/mol. The molecule has 0 radical (unpaired) electrons. The Morgan fingerprint density at radius 1 is 1.38 bits per heavy atom. The Morgan fingerprint density at radius 2 is 2.00 bits per heavy atom. The van der Waals surface area contributed by atoms with Crippen molar-refractivity contribution in [3.05, 3.63) is 11.8 Å². The molecule has 0 aliphatic heterocycles. The van der Waals surface area contributed by atoms with E-state index in [0.29, 0.717) is 0 Å². The summed E-state index contributed by atoms with van der Waals surface area (Å²) in [5.41, 5.74) is 6.72. The molecule has 0 unspecified atom stereocenters. The fraction of sp³-hybridized carbons (Fsp3) is 0.750. The van der Waals surface area contributed by atoms with Gasteiger partial charge < -0.3 is 11.1 Å². The van der Waals surface area contributed by atoms with Crippen LogP contribution in [0.3, 0.4) is 0 Å². The van der Waals surface area contributed by atoms with E-state index in [4.69, 9.17) is 5.73 Å². The molecular formula is C16H28N4O. The summed E-state index contributed by atoms with van der Waals surface area (Å²) in [5.74, 6) is 0.655. The van der Waals surface area contributed by atoms with Gasteiger partial charge in [-0.1, -0.05) is 40.0 Å². The molecule has 0 aromatic carbocycles. The van der Waals surface area contributed by atoms with E-state index in [1.807, 2.05) is 13.1 Å². The van der Waals surface area contributed by atoms with E-state index < -0.39 is 5.54 Å². The molecule has 1 saturated carbocycles. The van der Waals surface area contributed by atoms with E-state index in [1.165, 1.54) is 6.42 Å². The van der Waals surface area contributed by atoms with Gasteiger partial charge in [-0.25, -0.2) is 0 Å². The van der Waals surface area contributed by atoms with Gasteiger partial charge >= 0.3 is 0 Å². The van der Waals surface area contributed by atoms with Crippen LogP contribution in [0.1, 0.15) is 58.6 Å². The summed E-state index contributed by atoms with van der Waals surface area (Å²) in [7, 11) is 1.85.